The van der Waals surface area contributed by atoms with Gasteiger partial charge in [0.05, 0.1) is 11.5 Å². The first-order valence-electron chi connectivity index (χ1n) is 9.31. The highest BCUT2D eigenvalue weighted by molar-refractivity contribution is 5.94. The zero-order valence-corrected chi connectivity index (χ0v) is 14.3. The van der Waals surface area contributed by atoms with E-state index < -0.39 is 5.41 Å². The summed E-state index contributed by atoms with van der Waals surface area (Å²) in [5, 5.41) is 10.5. The molecule has 1 N–H and O–H groups in total. The second-order valence-corrected chi connectivity index (χ2v) is 8.85. The summed E-state index contributed by atoms with van der Waals surface area (Å²) in [6.07, 6.45) is 9.33. The molecule has 126 valence electrons. The van der Waals surface area contributed by atoms with Crippen LogP contribution in [0.1, 0.15) is 58.8 Å². The molecule has 3 fully saturated rings. The number of carbonyl (C=O) groups is 2. The molecule has 4 aliphatic rings. The minimum atomic E-state index is -0.411. The van der Waals surface area contributed by atoms with Crippen molar-refractivity contribution in [2.24, 2.45) is 34.5 Å². The average Bonchev–Trinajstić information content (AvgIpc) is 2.82. The summed E-state index contributed by atoms with van der Waals surface area (Å²) in [4.78, 5) is 24.3. The minimum Gasteiger partial charge on any atom is -0.393 e. The van der Waals surface area contributed by atoms with Gasteiger partial charge < -0.3 is 9.90 Å². The van der Waals surface area contributed by atoms with E-state index in [1.165, 1.54) is 6.29 Å². The third kappa shape index (κ3) is 1.86. The molecular formula is C20H28O3. The fourth-order valence-corrected chi connectivity index (χ4v) is 6.91. The van der Waals surface area contributed by atoms with Gasteiger partial charge in [0.15, 0.2) is 5.78 Å². The van der Waals surface area contributed by atoms with E-state index >= 15 is 0 Å². The summed E-state index contributed by atoms with van der Waals surface area (Å²) in [6.45, 7) is 4.36. The van der Waals surface area contributed by atoms with Crippen LogP contribution >= 0.6 is 0 Å². The van der Waals surface area contributed by atoms with Gasteiger partial charge in [-0.3, -0.25) is 4.79 Å². The van der Waals surface area contributed by atoms with Gasteiger partial charge in [0, 0.05) is 6.42 Å². The Bertz CT molecular complexity index is 579. The molecule has 7 atom stereocenters. The highest BCUT2D eigenvalue weighted by Crippen LogP contribution is 2.65. The Labute approximate surface area is 138 Å². The first-order chi connectivity index (χ1) is 10.9. The van der Waals surface area contributed by atoms with Gasteiger partial charge in [0.25, 0.3) is 0 Å². The van der Waals surface area contributed by atoms with Gasteiger partial charge in [-0.25, -0.2) is 0 Å². The van der Waals surface area contributed by atoms with E-state index in [2.05, 4.69) is 13.8 Å². The van der Waals surface area contributed by atoms with Crippen LogP contribution in [0.4, 0.5) is 0 Å². The maximum Gasteiger partial charge on any atom is 0.155 e. The van der Waals surface area contributed by atoms with E-state index in [1.807, 2.05) is 0 Å². The van der Waals surface area contributed by atoms with E-state index in [-0.39, 0.29) is 23.2 Å². The van der Waals surface area contributed by atoms with Crippen LogP contribution in [0.25, 0.3) is 0 Å². The summed E-state index contributed by atoms with van der Waals surface area (Å²) in [6, 6.07) is 0. The predicted octanol–water partition coefficient (Wildman–Crippen LogP) is 3.30. The largest absolute Gasteiger partial charge is 0.393 e. The van der Waals surface area contributed by atoms with E-state index in [4.69, 9.17) is 0 Å². The molecule has 0 spiro atoms. The Morgan fingerprint density at radius 3 is 2.74 bits per heavy atom. The van der Waals surface area contributed by atoms with Crippen LogP contribution in [0.5, 0.6) is 0 Å². The van der Waals surface area contributed by atoms with Crippen molar-refractivity contribution in [1.82, 2.24) is 0 Å². The predicted molar refractivity (Wildman–Crippen MR) is 87.7 cm³/mol. The molecule has 0 aromatic heterocycles. The molecule has 0 aliphatic heterocycles. The molecule has 4 rings (SSSR count). The number of hydrogen-bond acceptors (Lipinski definition) is 3. The van der Waals surface area contributed by atoms with E-state index in [0.29, 0.717) is 24.2 Å². The number of carbonyl (C=O) groups excluding carboxylic acids is 2. The molecule has 23 heavy (non-hydrogen) atoms. The van der Waals surface area contributed by atoms with Gasteiger partial charge in [-0.2, -0.15) is 0 Å². The summed E-state index contributed by atoms with van der Waals surface area (Å²) in [5.74, 6) is 1.76. The zero-order chi connectivity index (χ0) is 16.4. The molecule has 1 unspecified atom stereocenters. The number of rotatable bonds is 1. The van der Waals surface area contributed by atoms with Crippen molar-refractivity contribution in [1.29, 1.82) is 0 Å². The van der Waals surface area contributed by atoms with Gasteiger partial charge >= 0.3 is 0 Å². The van der Waals surface area contributed by atoms with Crippen molar-refractivity contribution < 1.29 is 14.7 Å². The summed E-state index contributed by atoms with van der Waals surface area (Å²) < 4.78 is 0. The van der Waals surface area contributed by atoms with Gasteiger partial charge in [-0.05, 0) is 73.7 Å². The molecule has 0 saturated heterocycles. The van der Waals surface area contributed by atoms with Gasteiger partial charge in [-0.15, -0.1) is 0 Å². The third-order valence-corrected chi connectivity index (χ3v) is 8.16. The molecule has 3 nitrogen and oxygen atoms in total. The van der Waals surface area contributed by atoms with Crippen molar-refractivity contribution >= 4 is 12.1 Å². The van der Waals surface area contributed by atoms with Crippen molar-refractivity contribution in [3.8, 4) is 0 Å². The Morgan fingerprint density at radius 1 is 1.22 bits per heavy atom. The topological polar surface area (TPSA) is 54.4 Å². The Kier molecular flexibility index (Phi) is 3.39. The Morgan fingerprint density at radius 2 is 2.00 bits per heavy atom. The summed E-state index contributed by atoms with van der Waals surface area (Å²) in [7, 11) is 0. The molecule has 0 bridgehead atoms. The maximum absolute atomic E-state index is 12.3. The fraction of sp³-hybridized carbons (Fsp3) is 0.800. The van der Waals surface area contributed by atoms with Crippen molar-refractivity contribution in [2.45, 2.75) is 64.9 Å². The normalized spacial score (nSPS) is 52.2. The van der Waals surface area contributed by atoms with E-state index in [0.717, 1.165) is 44.1 Å². The number of fused-ring (bicyclic) bond motifs is 5. The van der Waals surface area contributed by atoms with Crippen LogP contribution in [-0.4, -0.2) is 23.3 Å². The standard InChI is InChI=1S/C20H28O3/c1-12-9-14(22)10-13-3-4-15-16-5-6-18(23)19(16,2)8-7-17(15)20(12,13)11-21/h10-12,15-18,23H,3-9H2,1-2H3/t12?,15-,16-,17-,18-,19-,20-/m0/s1. The monoisotopic (exact) mass is 316 g/mol. The van der Waals surface area contributed by atoms with Crippen LogP contribution < -0.4 is 0 Å². The first kappa shape index (κ1) is 15.6. The van der Waals surface area contributed by atoms with E-state index in [1.54, 1.807) is 6.08 Å². The second-order valence-electron chi connectivity index (χ2n) is 8.85. The smallest absolute Gasteiger partial charge is 0.155 e. The van der Waals surface area contributed by atoms with Crippen molar-refractivity contribution in [3.63, 3.8) is 0 Å². The van der Waals surface area contributed by atoms with Crippen molar-refractivity contribution in [3.05, 3.63) is 11.6 Å². The van der Waals surface area contributed by atoms with Crippen LogP contribution in [-0.2, 0) is 9.59 Å². The number of aldehydes is 1. The van der Waals surface area contributed by atoms with Crippen molar-refractivity contribution in [2.75, 3.05) is 0 Å². The quantitative estimate of drug-likeness (QED) is 0.755. The molecule has 4 aliphatic carbocycles. The molecule has 0 heterocycles. The zero-order valence-electron chi connectivity index (χ0n) is 14.3. The fourth-order valence-electron chi connectivity index (χ4n) is 6.91. The highest BCUT2D eigenvalue weighted by Gasteiger charge is 2.61. The Hall–Kier alpha value is -0.960. The molecule has 0 aromatic rings. The van der Waals surface area contributed by atoms with Gasteiger partial charge in [0.1, 0.15) is 6.29 Å². The lowest BCUT2D eigenvalue weighted by atomic mass is 9.45. The lowest BCUT2D eigenvalue weighted by Gasteiger charge is -2.58. The molecule has 0 amide bonds. The van der Waals surface area contributed by atoms with Crippen LogP contribution in [0, 0.1) is 34.5 Å². The molecule has 0 aromatic carbocycles. The van der Waals surface area contributed by atoms with Crippen LogP contribution in [0.3, 0.4) is 0 Å². The number of allylic oxidation sites excluding steroid dienone is 1. The molecule has 3 heteroatoms. The van der Waals surface area contributed by atoms with E-state index in [9.17, 15) is 14.7 Å². The number of ketones is 1. The van der Waals surface area contributed by atoms with Gasteiger partial charge in [0.2, 0.25) is 0 Å². The Balaban J connectivity index is 1.76. The highest BCUT2D eigenvalue weighted by atomic mass is 16.3. The summed E-state index contributed by atoms with van der Waals surface area (Å²) in [5.41, 5.74) is 0.742. The lowest BCUT2D eigenvalue weighted by Crippen LogP contribution is -2.55. The second kappa shape index (κ2) is 5.02. The molecule has 0 radical (unpaired) electrons. The average molecular weight is 316 g/mol. The van der Waals surface area contributed by atoms with Crippen LogP contribution in [0.15, 0.2) is 11.6 Å². The number of hydrogen-bond donors (Lipinski definition) is 1. The molecule has 3 saturated carbocycles. The van der Waals surface area contributed by atoms with Gasteiger partial charge in [-0.1, -0.05) is 19.4 Å². The number of aliphatic hydroxyl groups excluding tert-OH is 1. The van der Waals surface area contributed by atoms with Crippen LogP contribution in [0.2, 0.25) is 0 Å². The first-order valence-corrected chi connectivity index (χ1v) is 9.31. The lowest BCUT2D eigenvalue weighted by molar-refractivity contribution is -0.135. The summed E-state index contributed by atoms with van der Waals surface area (Å²) >= 11 is 0. The maximum atomic E-state index is 12.3. The molecular weight excluding hydrogens is 288 g/mol. The number of aliphatic hydroxyl groups is 1. The SMILES string of the molecule is CC1CC(=O)C=C2CC[C@H]3[C@@H]4CC[C@H](O)[C@@]4(C)CC[C@@H]3[C@]21C=O. The minimum absolute atomic E-state index is 0.0418. The third-order valence-electron chi connectivity index (χ3n) is 8.16.